The van der Waals surface area contributed by atoms with Gasteiger partial charge in [0.15, 0.2) is 0 Å². The first kappa shape index (κ1) is 17.6. The van der Waals surface area contributed by atoms with Crippen LogP contribution in [0.4, 0.5) is 10.5 Å². The zero-order chi connectivity index (χ0) is 16.7. The maximum atomic E-state index is 12.1. The largest absolute Gasteiger partial charge is 0.394 e. The number of rotatable bonds is 7. The van der Waals surface area contributed by atoms with Gasteiger partial charge in [0, 0.05) is 25.3 Å². The van der Waals surface area contributed by atoms with Gasteiger partial charge in [-0.1, -0.05) is 31.5 Å². The minimum Gasteiger partial charge on any atom is -0.394 e. The molecule has 128 valence electrons. The Morgan fingerprint density at radius 1 is 1.39 bits per heavy atom. The van der Waals surface area contributed by atoms with Crippen molar-refractivity contribution in [3.8, 4) is 0 Å². The van der Waals surface area contributed by atoms with E-state index in [-0.39, 0.29) is 12.6 Å². The van der Waals surface area contributed by atoms with E-state index in [0.29, 0.717) is 12.5 Å². The lowest BCUT2D eigenvalue weighted by molar-refractivity contribution is 0.163. The summed E-state index contributed by atoms with van der Waals surface area (Å²) in [6, 6.07) is 10.2. The second kappa shape index (κ2) is 8.20. The molecule has 5 heteroatoms. The molecule has 2 rings (SSSR count). The van der Waals surface area contributed by atoms with Crippen molar-refractivity contribution in [2.24, 2.45) is 5.92 Å². The second-order valence-corrected chi connectivity index (χ2v) is 6.74. The molecule has 0 aromatic heterocycles. The Kier molecular flexibility index (Phi) is 6.28. The summed E-state index contributed by atoms with van der Waals surface area (Å²) in [5, 5.41) is 15.3. The lowest BCUT2D eigenvalue weighted by atomic mass is 9.97. The van der Waals surface area contributed by atoms with Gasteiger partial charge in [0.1, 0.15) is 0 Å². The van der Waals surface area contributed by atoms with Crippen LogP contribution in [-0.2, 0) is 0 Å². The molecule has 2 atom stereocenters. The third-order valence-electron chi connectivity index (χ3n) is 4.52. The Morgan fingerprint density at radius 3 is 2.78 bits per heavy atom. The number of hydrogen-bond acceptors (Lipinski definition) is 3. The van der Waals surface area contributed by atoms with Crippen LogP contribution in [0.1, 0.15) is 33.1 Å². The van der Waals surface area contributed by atoms with E-state index in [9.17, 15) is 9.90 Å². The van der Waals surface area contributed by atoms with Crippen molar-refractivity contribution in [2.75, 3.05) is 31.1 Å². The van der Waals surface area contributed by atoms with Crippen molar-refractivity contribution in [3.63, 3.8) is 0 Å². The number of anilines is 1. The fraction of sp³-hybridized carbons (Fsp3) is 0.611. The number of aliphatic hydroxyl groups excluding tert-OH is 1. The van der Waals surface area contributed by atoms with Crippen LogP contribution in [-0.4, -0.2) is 42.9 Å². The molecule has 1 aromatic carbocycles. The van der Waals surface area contributed by atoms with Gasteiger partial charge in [-0.05, 0) is 37.8 Å². The summed E-state index contributed by atoms with van der Waals surface area (Å²) in [7, 11) is 0. The van der Waals surface area contributed by atoms with Gasteiger partial charge >= 0.3 is 6.03 Å². The summed E-state index contributed by atoms with van der Waals surface area (Å²) in [6.07, 6.45) is 2.77. The zero-order valence-electron chi connectivity index (χ0n) is 14.2. The van der Waals surface area contributed by atoms with E-state index in [4.69, 9.17) is 0 Å². The van der Waals surface area contributed by atoms with Crippen molar-refractivity contribution in [3.05, 3.63) is 30.3 Å². The smallest absolute Gasteiger partial charge is 0.315 e. The fourth-order valence-corrected chi connectivity index (χ4v) is 3.16. The Morgan fingerprint density at radius 2 is 2.13 bits per heavy atom. The van der Waals surface area contributed by atoms with Crippen LogP contribution in [0.2, 0.25) is 0 Å². The van der Waals surface area contributed by atoms with Crippen molar-refractivity contribution < 1.29 is 9.90 Å². The maximum Gasteiger partial charge on any atom is 0.315 e. The van der Waals surface area contributed by atoms with E-state index in [1.165, 1.54) is 5.69 Å². The van der Waals surface area contributed by atoms with Gasteiger partial charge < -0.3 is 20.6 Å². The molecule has 1 aliphatic rings. The monoisotopic (exact) mass is 319 g/mol. The number of nitrogens with zero attached hydrogens (tertiary/aromatic N) is 1. The summed E-state index contributed by atoms with van der Waals surface area (Å²) in [5.74, 6) is 0.465. The Balaban J connectivity index is 1.75. The van der Waals surface area contributed by atoms with Crippen LogP contribution < -0.4 is 15.5 Å². The van der Waals surface area contributed by atoms with Gasteiger partial charge in [0.25, 0.3) is 0 Å². The minimum absolute atomic E-state index is 0.0422. The summed E-state index contributed by atoms with van der Waals surface area (Å²) in [5.41, 5.74) is 0.708. The van der Waals surface area contributed by atoms with Gasteiger partial charge in [-0.25, -0.2) is 4.79 Å². The molecule has 0 saturated carbocycles. The number of amides is 2. The molecule has 23 heavy (non-hydrogen) atoms. The average Bonchev–Trinajstić information content (AvgIpc) is 3.03. The van der Waals surface area contributed by atoms with E-state index in [1.54, 1.807) is 0 Å². The summed E-state index contributed by atoms with van der Waals surface area (Å²) >= 11 is 0. The standard InChI is InChI=1S/C18H29N3O2/c1-3-10-18(2,14-22)20-17(23)19-12-15-9-11-21(13-15)16-7-5-4-6-8-16/h4-8,15,22H,3,9-14H2,1-2H3,(H2,19,20,23). The van der Waals surface area contributed by atoms with E-state index < -0.39 is 5.54 Å². The summed E-state index contributed by atoms with van der Waals surface area (Å²) in [4.78, 5) is 14.4. The number of carbonyl (C=O) groups is 1. The highest BCUT2D eigenvalue weighted by atomic mass is 16.3. The zero-order valence-corrected chi connectivity index (χ0v) is 14.2. The molecule has 1 aromatic rings. The predicted octanol–water partition coefficient (Wildman–Crippen LogP) is 2.36. The number of carbonyl (C=O) groups excluding carboxylic acids is 1. The minimum atomic E-state index is -0.537. The first-order valence-corrected chi connectivity index (χ1v) is 8.53. The number of hydrogen-bond donors (Lipinski definition) is 3. The van der Waals surface area contributed by atoms with Gasteiger partial charge in [-0.3, -0.25) is 0 Å². The quantitative estimate of drug-likeness (QED) is 0.723. The molecular formula is C18H29N3O2. The van der Waals surface area contributed by atoms with Crippen LogP contribution in [0.5, 0.6) is 0 Å². The van der Waals surface area contributed by atoms with Gasteiger partial charge in [0.2, 0.25) is 0 Å². The molecule has 5 nitrogen and oxygen atoms in total. The normalized spacial score (nSPS) is 20.1. The van der Waals surface area contributed by atoms with E-state index in [1.807, 2.05) is 19.9 Å². The molecule has 1 heterocycles. The van der Waals surface area contributed by atoms with E-state index in [2.05, 4.69) is 39.8 Å². The number of para-hydroxylation sites is 1. The molecule has 3 N–H and O–H groups in total. The third kappa shape index (κ3) is 5.13. The van der Waals surface area contributed by atoms with E-state index >= 15 is 0 Å². The molecule has 0 bridgehead atoms. The molecule has 1 saturated heterocycles. The molecule has 0 radical (unpaired) electrons. The average molecular weight is 319 g/mol. The maximum absolute atomic E-state index is 12.1. The Bertz CT molecular complexity index is 494. The highest BCUT2D eigenvalue weighted by molar-refractivity contribution is 5.74. The lowest BCUT2D eigenvalue weighted by Gasteiger charge is -2.28. The van der Waals surface area contributed by atoms with E-state index in [0.717, 1.165) is 32.4 Å². The Labute approximate surface area is 139 Å². The molecule has 2 unspecified atom stereocenters. The van der Waals surface area contributed by atoms with Crippen molar-refractivity contribution in [1.82, 2.24) is 10.6 Å². The fourth-order valence-electron chi connectivity index (χ4n) is 3.16. The van der Waals surface area contributed by atoms with Crippen LogP contribution in [0.25, 0.3) is 0 Å². The summed E-state index contributed by atoms with van der Waals surface area (Å²) in [6.45, 7) is 6.55. The first-order chi connectivity index (χ1) is 11.1. The molecule has 0 aliphatic carbocycles. The van der Waals surface area contributed by atoms with Gasteiger partial charge in [-0.2, -0.15) is 0 Å². The van der Waals surface area contributed by atoms with Crippen molar-refractivity contribution >= 4 is 11.7 Å². The number of aliphatic hydroxyl groups is 1. The molecular weight excluding hydrogens is 290 g/mol. The number of urea groups is 1. The topological polar surface area (TPSA) is 64.6 Å². The highest BCUT2D eigenvalue weighted by Gasteiger charge is 2.26. The van der Waals surface area contributed by atoms with Gasteiger partial charge in [0.05, 0.1) is 12.1 Å². The molecule has 2 amide bonds. The molecule has 1 fully saturated rings. The lowest BCUT2D eigenvalue weighted by Crippen LogP contribution is -2.53. The predicted molar refractivity (Wildman–Crippen MR) is 93.7 cm³/mol. The summed E-state index contributed by atoms with van der Waals surface area (Å²) < 4.78 is 0. The Hall–Kier alpha value is -1.75. The third-order valence-corrected chi connectivity index (χ3v) is 4.52. The van der Waals surface area contributed by atoms with Crippen LogP contribution in [0.3, 0.4) is 0 Å². The van der Waals surface area contributed by atoms with Crippen LogP contribution in [0, 0.1) is 5.92 Å². The van der Waals surface area contributed by atoms with Crippen LogP contribution in [0.15, 0.2) is 30.3 Å². The molecule has 1 aliphatic heterocycles. The highest BCUT2D eigenvalue weighted by Crippen LogP contribution is 2.22. The first-order valence-electron chi connectivity index (χ1n) is 8.53. The van der Waals surface area contributed by atoms with Gasteiger partial charge in [-0.15, -0.1) is 0 Å². The SMILES string of the molecule is CCCC(C)(CO)NC(=O)NCC1CCN(c2ccccc2)C1. The number of nitrogens with one attached hydrogen (secondary N) is 2. The van der Waals surface area contributed by atoms with Crippen LogP contribution >= 0.6 is 0 Å². The van der Waals surface area contributed by atoms with Crippen molar-refractivity contribution in [2.45, 2.75) is 38.6 Å². The number of benzene rings is 1. The molecule has 0 spiro atoms. The second-order valence-electron chi connectivity index (χ2n) is 6.74. The van der Waals surface area contributed by atoms with Crippen molar-refractivity contribution in [1.29, 1.82) is 0 Å².